The van der Waals surface area contributed by atoms with Crippen LogP contribution in [0.25, 0.3) is 11.1 Å². The van der Waals surface area contributed by atoms with Gasteiger partial charge >= 0.3 is 0 Å². The molecule has 2 heterocycles. The second-order valence-electron chi connectivity index (χ2n) is 6.13. The number of aromatic nitrogens is 1. The summed E-state index contributed by atoms with van der Waals surface area (Å²) in [4.78, 5) is 18.9. The van der Waals surface area contributed by atoms with Crippen molar-refractivity contribution in [3.63, 3.8) is 0 Å². The summed E-state index contributed by atoms with van der Waals surface area (Å²) in [7, 11) is 1.55. The molecule has 26 heavy (non-hydrogen) atoms. The van der Waals surface area contributed by atoms with Gasteiger partial charge in [0.25, 0.3) is 5.91 Å². The van der Waals surface area contributed by atoms with Gasteiger partial charge in [-0.15, -0.1) is 0 Å². The molecule has 0 aliphatic carbocycles. The van der Waals surface area contributed by atoms with Crippen molar-refractivity contribution in [3.05, 3.63) is 77.1 Å². The van der Waals surface area contributed by atoms with Crippen LogP contribution in [0.4, 0.5) is 5.69 Å². The highest BCUT2D eigenvalue weighted by Gasteiger charge is 2.27. The van der Waals surface area contributed by atoms with Crippen molar-refractivity contribution < 1.29 is 9.53 Å². The summed E-state index contributed by atoms with van der Waals surface area (Å²) in [6, 6.07) is 15.3. The number of ether oxygens (including phenoxy) is 1. The molecule has 3 aromatic rings. The number of nitrogens with zero attached hydrogens (tertiary/aromatic N) is 2. The summed E-state index contributed by atoms with van der Waals surface area (Å²) >= 11 is 6.08. The Hall–Kier alpha value is -2.85. The molecule has 4 nitrogen and oxygen atoms in total. The zero-order valence-electron chi connectivity index (χ0n) is 14.3. The molecule has 0 atom stereocenters. The maximum Gasteiger partial charge on any atom is 0.262 e. The van der Waals surface area contributed by atoms with Crippen LogP contribution < -0.4 is 9.64 Å². The average molecular weight is 365 g/mol. The molecule has 1 aromatic heterocycles. The maximum absolute atomic E-state index is 13.1. The van der Waals surface area contributed by atoms with Crippen molar-refractivity contribution in [2.45, 2.75) is 6.42 Å². The van der Waals surface area contributed by atoms with Crippen molar-refractivity contribution in [1.29, 1.82) is 0 Å². The minimum atomic E-state index is -0.0974. The number of hydrogen-bond donors (Lipinski definition) is 0. The summed E-state index contributed by atoms with van der Waals surface area (Å²) in [6.07, 6.45) is 4.39. The molecule has 5 heteroatoms. The molecule has 0 spiro atoms. The minimum Gasteiger partial charge on any atom is -0.496 e. The van der Waals surface area contributed by atoms with Gasteiger partial charge in [0.1, 0.15) is 5.75 Å². The summed E-state index contributed by atoms with van der Waals surface area (Å²) in [6.45, 7) is 0.642. The van der Waals surface area contributed by atoms with Gasteiger partial charge in [0, 0.05) is 29.6 Å². The molecule has 0 saturated heterocycles. The lowest BCUT2D eigenvalue weighted by Crippen LogP contribution is -2.29. The molecule has 1 aliphatic heterocycles. The number of rotatable bonds is 3. The number of hydrogen-bond acceptors (Lipinski definition) is 3. The Morgan fingerprint density at radius 1 is 1.08 bits per heavy atom. The first kappa shape index (κ1) is 16.6. The average Bonchev–Trinajstić information content (AvgIpc) is 3.11. The normalized spacial score (nSPS) is 12.8. The van der Waals surface area contributed by atoms with Crippen molar-refractivity contribution in [1.82, 2.24) is 4.98 Å². The lowest BCUT2D eigenvalue weighted by Gasteiger charge is -2.19. The first-order valence-electron chi connectivity index (χ1n) is 8.36. The van der Waals surface area contributed by atoms with E-state index in [1.807, 2.05) is 24.3 Å². The fraction of sp³-hybridized carbons (Fsp3) is 0.143. The van der Waals surface area contributed by atoms with E-state index >= 15 is 0 Å². The third-order valence-corrected chi connectivity index (χ3v) is 4.86. The van der Waals surface area contributed by atoms with Gasteiger partial charge in [0.2, 0.25) is 0 Å². The van der Waals surface area contributed by atoms with Crippen LogP contribution in [0.5, 0.6) is 5.75 Å². The van der Waals surface area contributed by atoms with Crippen LogP contribution in [0.3, 0.4) is 0 Å². The molecule has 2 aromatic carbocycles. The molecule has 0 fully saturated rings. The molecule has 0 N–H and O–H groups in total. The highest BCUT2D eigenvalue weighted by Crippen LogP contribution is 2.34. The lowest BCUT2D eigenvalue weighted by molar-refractivity contribution is 0.0986. The smallest absolute Gasteiger partial charge is 0.262 e. The topological polar surface area (TPSA) is 42.4 Å². The van der Waals surface area contributed by atoms with Crippen LogP contribution in [0.1, 0.15) is 15.9 Å². The van der Waals surface area contributed by atoms with Gasteiger partial charge in [0.05, 0.1) is 12.7 Å². The Morgan fingerprint density at radius 3 is 2.65 bits per heavy atom. The van der Waals surface area contributed by atoms with Gasteiger partial charge in [-0.05, 0) is 65.6 Å². The molecule has 0 bridgehead atoms. The molecule has 0 unspecified atom stereocenters. The zero-order valence-corrected chi connectivity index (χ0v) is 15.0. The molecule has 130 valence electrons. The standard InChI is InChI=1S/C21H17ClN2O2/c1-26-20-5-3-17(22)13-18(20)21(25)24-11-8-16-12-15(2-4-19(16)24)14-6-9-23-10-7-14/h2-7,9-10,12-13H,8,11H2,1H3. The van der Waals surface area contributed by atoms with Crippen molar-refractivity contribution in [3.8, 4) is 16.9 Å². The van der Waals surface area contributed by atoms with E-state index in [1.165, 1.54) is 0 Å². The van der Waals surface area contributed by atoms with E-state index in [4.69, 9.17) is 16.3 Å². The summed E-state index contributed by atoms with van der Waals surface area (Å²) in [5.41, 5.74) is 4.82. The molecule has 1 amide bonds. The number of carbonyl (C=O) groups is 1. The van der Waals surface area contributed by atoms with Crippen LogP contribution in [0.2, 0.25) is 5.02 Å². The molecular weight excluding hydrogens is 348 g/mol. The Morgan fingerprint density at radius 2 is 1.88 bits per heavy atom. The number of benzene rings is 2. The van der Waals surface area contributed by atoms with Crippen molar-refractivity contribution in [2.75, 3.05) is 18.6 Å². The summed E-state index contributed by atoms with van der Waals surface area (Å²) in [5, 5.41) is 0.515. The molecule has 1 aliphatic rings. The van der Waals surface area contributed by atoms with E-state index in [9.17, 15) is 4.79 Å². The summed E-state index contributed by atoms with van der Waals surface area (Å²) in [5.74, 6) is 0.431. The van der Waals surface area contributed by atoms with Gasteiger partial charge in [0.15, 0.2) is 0 Å². The van der Waals surface area contributed by atoms with E-state index in [2.05, 4.69) is 11.1 Å². The largest absolute Gasteiger partial charge is 0.496 e. The number of methoxy groups -OCH3 is 1. The number of amides is 1. The van der Waals surface area contributed by atoms with Gasteiger partial charge in [-0.1, -0.05) is 17.7 Å². The summed E-state index contributed by atoms with van der Waals surface area (Å²) < 4.78 is 5.33. The second-order valence-corrected chi connectivity index (χ2v) is 6.57. The highest BCUT2D eigenvalue weighted by molar-refractivity contribution is 6.31. The van der Waals surface area contributed by atoms with Crippen LogP contribution in [-0.2, 0) is 6.42 Å². The molecule has 4 rings (SSSR count). The molecular formula is C21H17ClN2O2. The first-order chi connectivity index (χ1) is 12.7. The van der Waals surface area contributed by atoms with E-state index in [0.29, 0.717) is 22.9 Å². The lowest BCUT2D eigenvalue weighted by atomic mass is 10.0. The number of carbonyl (C=O) groups excluding carboxylic acids is 1. The predicted octanol–water partition coefficient (Wildman–Crippen LogP) is 4.61. The van der Waals surface area contributed by atoms with Gasteiger partial charge in [-0.3, -0.25) is 9.78 Å². The Bertz CT molecular complexity index is 973. The fourth-order valence-electron chi connectivity index (χ4n) is 3.33. The number of fused-ring (bicyclic) bond motifs is 1. The molecule has 0 saturated carbocycles. The number of halogens is 1. The zero-order chi connectivity index (χ0) is 18.1. The van der Waals surface area contributed by atoms with Crippen molar-refractivity contribution in [2.24, 2.45) is 0 Å². The van der Waals surface area contributed by atoms with Crippen LogP contribution in [0, 0.1) is 0 Å². The third kappa shape index (κ3) is 2.93. The quantitative estimate of drug-likeness (QED) is 0.681. The predicted molar refractivity (Wildman–Crippen MR) is 103 cm³/mol. The number of pyridine rings is 1. The van der Waals surface area contributed by atoms with E-state index < -0.39 is 0 Å². The van der Waals surface area contributed by atoms with E-state index in [1.54, 1.807) is 42.6 Å². The van der Waals surface area contributed by atoms with Gasteiger partial charge < -0.3 is 9.64 Å². The van der Waals surface area contributed by atoms with E-state index in [-0.39, 0.29) is 5.91 Å². The van der Waals surface area contributed by atoms with E-state index in [0.717, 1.165) is 28.8 Å². The van der Waals surface area contributed by atoms with Crippen molar-refractivity contribution >= 4 is 23.2 Å². The van der Waals surface area contributed by atoms with Crippen LogP contribution >= 0.6 is 11.6 Å². The first-order valence-corrected chi connectivity index (χ1v) is 8.74. The van der Waals surface area contributed by atoms with Crippen LogP contribution in [-0.4, -0.2) is 24.5 Å². The fourth-order valence-corrected chi connectivity index (χ4v) is 3.50. The SMILES string of the molecule is COc1ccc(Cl)cc1C(=O)N1CCc2cc(-c3ccncc3)ccc21. The highest BCUT2D eigenvalue weighted by atomic mass is 35.5. The second kappa shape index (κ2) is 6.81. The maximum atomic E-state index is 13.1. The Kier molecular flexibility index (Phi) is 4.35. The monoisotopic (exact) mass is 364 g/mol. The van der Waals surface area contributed by atoms with Gasteiger partial charge in [-0.25, -0.2) is 0 Å². The Balaban J connectivity index is 1.68. The third-order valence-electron chi connectivity index (χ3n) is 4.63. The Labute approximate surface area is 157 Å². The number of anilines is 1. The van der Waals surface area contributed by atoms with Crippen LogP contribution in [0.15, 0.2) is 60.9 Å². The molecule has 0 radical (unpaired) electrons. The van der Waals surface area contributed by atoms with Gasteiger partial charge in [-0.2, -0.15) is 0 Å². The minimum absolute atomic E-state index is 0.0974.